The van der Waals surface area contributed by atoms with Gasteiger partial charge in [0, 0.05) is 5.92 Å². The maximum atomic E-state index is 12.2. The molecule has 3 fully saturated rings. The minimum atomic E-state index is -4.46. The fourth-order valence-electron chi connectivity index (χ4n) is 7.68. The van der Waals surface area contributed by atoms with Gasteiger partial charge in [0.25, 0.3) is 0 Å². The Morgan fingerprint density at radius 3 is 2.61 bits per heavy atom. The Morgan fingerprint density at radius 1 is 1.25 bits per heavy atom. The molecule has 0 aromatic rings. The fourth-order valence-corrected chi connectivity index (χ4v) is 8.19. The number of rotatable bonds is 3. The quantitative estimate of drug-likeness (QED) is 0.545. The third kappa shape index (κ3) is 3.09. The molecule has 0 amide bonds. The van der Waals surface area contributed by atoms with Gasteiger partial charge in [-0.2, -0.15) is 8.42 Å². The second-order valence-corrected chi connectivity index (χ2v) is 11.1. The van der Waals surface area contributed by atoms with Crippen LogP contribution in [-0.2, 0) is 19.4 Å². The number of hydrogen-bond acceptors (Lipinski definition) is 5. The molecule has 0 heterocycles. The van der Waals surface area contributed by atoms with Crippen molar-refractivity contribution >= 4 is 16.2 Å². The van der Waals surface area contributed by atoms with E-state index in [0.717, 1.165) is 31.3 Å². The van der Waals surface area contributed by atoms with Crippen LogP contribution in [0.3, 0.4) is 0 Å². The number of carbonyl (C=O) groups excluding carboxylic acids is 1. The molecule has 8 unspecified atom stereocenters. The minimum Gasteiger partial charge on any atom is -0.393 e. The van der Waals surface area contributed by atoms with E-state index < -0.39 is 22.6 Å². The van der Waals surface area contributed by atoms with Crippen LogP contribution in [0.25, 0.3) is 0 Å². The number of ketones is 1. The van der Waals surface area contributed by atoms with Gasteiger partial charge in [-0.25, -0.2) is 4.18 Å². The summed E-state index contributed by atoms with van der Waals surface area (Å²) in [6.07, 6.45) is 6.46. The van der Waals surface area contributed by atoms with Crippen molar-refractivity contribution in [3.63, 3.8) is 0 Å². The summed E-state index contributed by atoms with van der Waals surface area (Å²) in [4.78, 5) is 12.2. The highest BCUT2D eigenvalue weighted by Gasteiger charge is 2.62. The highest BCUT2D eigenvalue weighted by molar-refractivity contribution is 7.80. The molecule has 0 radical (unpaired) electrons. The maximum absolute atomic E-state index is 12.2. The monoisotopic (exact) mass is 412 g/mol. The smallest absolute Gasteiger partial charge is 0.393 e. The Bertz CT molecular complexity index is 804. The number of allylic oxidation sites excluding steroid dienone is 1. The van der Waals surface area contributed by atoms with Gasteiger partial charge in [-0.05, 0) is 80.5 Å². The van der Waals surface area contributed by atoms with Gasteiger partial charge in [-0.15, -0.1) is 0 Å². The van der Waals surface area contributed by atoms with E-state index in [4.69, 9.17) is 8.74 Å². The van der Waals surface area contributed by atoms with E-state index in [1.165, 1.54) is 0 Å². The van der Waals surface area contributed by atoms with Crippen molar-refractivity contribution in [3.05, 3.63) is 11.6 Å². The van der Waals surface area contributed by atoms with E-state index in [2.05, 4.69) is 19.9 Å². The standard InChI is InChI=1S/C21H32O6S/c1-12(22)16-6-7-17-15-5-4-13-10-14(27-28(24,25)26)8-9-20(13,2)19(15)18(23)11-21(16,17)3/h4,14-19,23H,5-11H2,1-3H3,(H,24,25,26). The third-order valence-corrected chi connectivity index (χ3v) is 9.25. The molecule has 0 aliphatic heterocycles. The lowest BCUT2D eigenvalue weighted by atomic mass is 9.46. The zero-order chi connectivity index (χ0) is 20.5. The van der Waals surface area contributed by atoms with E-state index in [-0.39, 0.29) is 28.4 Å². The van der Waals surface area contributed by atoms with Crippen molar-refractivity contribution in [2.24, 2.45) is 34.5 Å². The average Bonchev–Trinajstić information content (AvgIpc) is 2.90. The van der Waals surface area contributed by atoms with E-state index >= 15 is 0 Å². The largest absolute Gasteiger partial charge is 0.397 e. The van der Waals surface area contributed by atoms with Gasteiger partial charge in [0.2, 0.25) is 0 Å². The summed E-state index contributed by atoms with van der Waals surface area (Å²) >= 11 is 0. The van der Waals surface area contributed by atoms with Gasteiger partial charge >= 0.3 is 10.4 Å². The van der Waals surface area contributed by atoms with Crippen LogP contribution < -0.4 is 0 Å². The summed E-state index contributed by atoms with van der Waals surface area (Å²) in [7, 11) is -4.46. The van der Waals surface area contributed by atoms with Crippen LogP contribution in [0.4, 0.5) is 0 Å². The van der Waals surface area contributed by atoms with Crippen molar-refractivity contribution in [1.29, 1.82) is 0 Å². The Morgan fingerprint density at radius 2 is 1.96 bits per heavy atom. The third-order valence-electron chi connectivity index (χ3n) is 8.74. The first-order valence-corrected chi connectivity index (χ1v) is 11.9. The van der Waals surface area contributed by atoms with Crippen LogP contribution in [0.1, 0.15) is 65.7 Å². The highest BCUT2D eigenvalue weighted by Crippen LogP contribution is 2.66. The molecule has 0 aromatic heterocycles. The molecule has 28 heavy (non-hydrogen) atoms. The van der Waals surface area contributed by atoms with E-state index in [9.17, 15) is 18.3 Å². The SMILES string of the molecule is CC(=O)C1CCC2C3CC=C4CC(OS(=O)(=O)O)CCC4(C)C3C(O)CC12C. The predicted molar refractivity (Wildman–Crippen MR) is 104 cm³/mol. The molecule has 4 aliphatic rings. The summed E-state index contributed by atoms with van der Waals surface area (Å²) in [5.41, 5.74) is 0.841. The van der Waals surface area contributed by atoms with Gasteiger partial charge in [-0.1, -0.05) is 25.5 Å². The molecule has 158 valence electrons. The Labute approximate surface area is 167 Å². The average molecular weight is 413 g/mol. The van der Waals surface area contributed by atoms with Gasteiger partial charge in [0.1, 0.15) is 5.78 Å². The fraction of sp³-hybridized carbons (Fsp3) is 0.857. The van der Waals surface area contributed by atoms with Crippen molar-refractivity contribution in [2.75, 3.05) is 0 Å². The summed E-state index contributed by atoms with van der Waals surface area (Å²) in [6.45, 7) is 6.09. The van der Waals surface area contributed by atoms with E-state index in [1.54, 1.807) is 6.92 Å². The van der Waals surface area contributed by atoms with Gasteiger partial charge < -0.3 is 5.11 Å². The Kier molecular flexibility index (Phi) is 4.85. The summed E-state index contributed by atoms with van der Waals surface area (Å²) in [6, 6.07) is 0. The predicted octanol–water partition coefficient (Wildman–Crippen LogP) is 3.31. The Hall–Kier alpha value is -0.760. The number of fused-ring (bicyclic) bond motifs is 5. The molecule has 3 saturated carbocycles. The molecule has 8 atom stereocenters. The van der Waals surface area contributed by atoms with Crippen LogP contribution >= 0.6 is 0 Å². The van der Waals surface area contributed by atoms with Crippen LogP contribution in [-0.4, -0.2) is 36.1 Å². The van der Waals surface area contributed by atoms with Crippen molar-refractivity contribution < 1.29 is 27.1 Å². The van der Waals surface area contributed by atoms with Crippen molar-refractivity contribution in [2.45, 2.75) is 77.9 Å². The minimum absolute atomic E-state index is 0.0465. The van der Waals surface area contributed by atoms with Crippen LogP contribution in [0.2, 0.25) is 0 Å². The molecule has 6 nitrogen and oxygen atoms in total. The van der Waals surface area contributed by atoms with Crippen LogP contribution in [0.15, 0.2) is 11.6 Å². The van der Waals surface area contributed by atoms with E-state index in [0.29, 0.717) is 31.1 Å². The van der Waals surface area contributed by atoms with Gasteiger partial charge in [0.05, 0.1) is 12.2 Å². The lowest BCUT2D eigenvalue weighted by molar-refractivity contribution is -0.140. The molecule has 0 spiro atoms. The number of hydrogen-bond donors (Lipinski definition) is 2. The molecular formula is C21H32O6S. The molecule has 7 heteroatoms. The van der Waals surface area contributed by atoms with Crippen LogP contribution in [0.5, 0.6) is 0 Å². The molecule has 4 rings (SSSR count). The summed E-state index contributed by atoms with van der Waals surface area (Å²) in [5.74, 6) is 1.21. The molecule has 0 saturated heterocycles. The zero-order valence-electron chi connectivity index (χ0n) is 16.9. The van der Waals surface area contributed by atoms with Gasteiger partial charge in [-0.3, -0.25) is 9.35 Å². The number of carbonyl (C=O) groups is 1. The highest BCUT2D eigenvalue weighted by atomic mass is 32.3. The van der Waals surface area contributed by atoms with Gasteiger partial charge in [0.15, 0.2) is 0 Å². The first-order chi connectivity index (χ1) is 13.0. The summed E-state index contributed by atoms with van der Waals surface area (Å²) in [5, 5.41) is 11.3. The number of aliphatic hydroxyl groups excluding tert-OH is 1. The molecule has 4 aliphatic carbocycles. The van der Waals surface area contributed by atoms with Crippen molar-refractivity contribution in [1.82, 2.24) is 0 Å². The zero-order valence-corrected chi connectivity index (χ0v) is 17.7. The molecular weight excluding hydrogens is 380 g/mol. The molecule has 0 bridgehead atoms. The normalized spacial score (nSPS) is 48.2. The summed E-state index contributed by atoms with van der Waals surface area (Å²) < 4.78 is 36.1. The lowest BCUT2D eigenvalue weighted by Gasteiger charge is -2.59. The Balaban J connectivity index is 1.63. The van der Waals surface area contributed by atoms with E-state index in [1.807, 2.05) is 0 Å². The number of aliphatic hydroxyl groups is 1. The van der Waals surface area contributed by atoms with Crippen LogP contribution in [0, 0.1) is 34.5 Å². The lowest BCUT2D eigenvalue weighted by Crippen LogP contribution is -2.56. The second-order valence-electron chi connectivity index (χ2n) is 10.1. The number of Topliss-reactive ketones (excluding diaryl/α,β-unsaturated/α-hetero) is 1. The first kappa shape index (κ1) is 20.5. The molecule has 2 N–H and O–H groups in total. The first-order valence-electron chi connectivity index (χ1n) is 10.5. The van der Waals surface area contributed by atoms with Crippen molar-refractivity contribution in [3.8, 4) is 0 Å². The molecule has 0 aromatic carbocycles. The maximum Gasteiger partial charge on any atom is 0.397 e. The second kappa shape index (κ2) is 6.62. The topological polar surface area (TPSA) is 101 Å².